The molecule has 0 aliphatic carbocycles. The molecule has 2 N–H and O–H groups in total. The maximum atomic E-state index is 12.9. The number of esters is 1. The van der Waals surface area contributed by atoms with Crippen LogP contribution in [0.4, 0.5) is 0 Å². The van der Waals surface area contributed by atoms with Crippen molar-refractivity contribution < 1.29 is 27.5 Å². The number of allylic oxidation sites excluding steroid dienone is 1. The molecule has 1 fully saturated rings. The topological polar surface area (TPSA) is 140 Å². The molecule has 0 radical (unpaired) electrons. The maximum Gasteiger partial charge on any atom is 0.338 e. The van der Waals surface area contributed by atoms with Crippen LogP contribution >= 0.6 is 0 Å². The zero-order valence-electron chi connectivity index (χ0n) is 16.4. The molecule has 1 heterocycles. The quantitative estimate of drug-likeness (QED) is 0.407. The zero-order chi connectivity index (χ0) is 21.8. The van der Waals surface area contributed by atoms with Crippen molar-refractivity contribution in [2.45, 2.75) is 37.9 Å². The molecule has 0 spiro atoms. The largest absolute Gasteiger partial charge is 0.454 e. The maximum absolute atomic E-state index is 12.9. The monoisotopic (exact) mass is 421 g/mol. The second-order valence-corrected chi connectivity index (χ2v) is 8.71. The Balaban J connectivity index is 2.16. The summed E-state index contributed by atoms with van der Waals surface area (Å²) in [5.74, 6) is -1.62. The molecule has 2 rings (SSSR count). The molecular weight excluding hydrogens is 398 g/mol. The lowest BCUT2D eigenvalue weighted by atomic mass is 10.1. The molecule has 0 aromatic heterocycles. The van der Waals surface area contributed by atoms with E-state index in [-0.39, 0.29) is 47.0 Å². The summed E-state index contributed by atoms with van der Waals surface area (Å²) >= 11 is 0. The Morgan fingerprint density at radius 3 is 2.48 bits per heavy atom. The van der Waals surface area contributed by atoms with E-state index in [0.29, 0.717) is 0 Å². The predicted octanol–water partition coefficient (Wildman–Crippen LogP) is 0.967. The van der Waals surface area contributed by atoms with E-state index in [1.54, 1.807) is 19.9 Å². The molecule has 156 valence electrons. The lowest BCUT2D eigenvalue weighted by molar-refractivity contribution is -0.118. The molecule has 1 aromatic carbocycles. The van der Waals surface area contributed by atoms with Gasteiger partial charge in [-0.1, -0.05) is 6.07 Å². The number of hydrogen-bond acceptors (Lipinski definition) is 8. The summed E-state index contributed by atoms with van der Waals surface area (Å²) < 4.78 is 37.6. The molecule has 0 amide bonds. The second-order valence-electron chi connectivity index (χ2n) is 6.78. The Kier molecular flexibility index (Phi) is 7.13. The third-order valence-electron chi connectivity index (χ3n) is 4.21. The van der Waals surface area contributed by atoms with Crippen LogP contribution in [0.2, 0.25) is 0 Å². The number of sulfonamides is 1. The molecule has 0 bridgehead atoms. The van der Waals surface area contributed by atoms with Gasteiger partial charge in [-0.2, -0.15) is 9.57 Å². The van der Waals surface area contributed by atoms with Gasteiger partial charge < -0.3 is 15.2 Å². The number of ketones is 1. The Hall–Kier alpha value is -2.74. The van der Waals surface area contributed by atoms with E-state index < -0.39 is 28.4 Å². The van der Waals surface area contributed by atoms with Crippen LogP contribution in [0, 0.1) is 11.3 Å². The smallest absolute Gasteiger partial charge is 0.338 e. The minimum atomic E-state index is -3.83. The number of hydrogen-bond donors (Lipinski definition) is 1. The van der Waals surface area contributed by atoms with Crippen LogP contribution in [-0.4, -0.2) is 56.4 Å². The van der Waals surface area contributed by atoms with E-state index in [9.17, 15) is 18.0 Å². The first-order valence-corrected chi connectivity index (χ1v) is 10.3. The van der Waals surface area contributed by atoms with Crippen LogP contribution in [0.3, 0.4) is 0 Å². The third kappa shape index (κ3) is 5.41. The van der Waals surface area contributed by atoms with Gasteiger partial charge in [0.15, 0.2) is 6.61 Å². The summed E-state index contributed by atoms with van der Waals surface area (Å²) in [5, 5.41) is 8.91. The number of morpholine rings is 1. The molecule has 1 aromatic rings. The summed E-state index contributed by atoms with van der Waals surface area (Å²) in [4.78, 5) is 24.1. The molecule has 2 atom stereocenters. The van der Waals surface area contributed by atoms with Crippen molar-refractivity contribution in [1.29, 1.82) is 5.26 Å². The van der Waals surface area contributed by atoms with Gasteiger partial charge in [0.05, 0.1) is 22.7 Å². The molecule has 1 aliphatic heterocycles. The number of carbonyl (C=O) groups is 2. The lowest BCUT2D eigenvalue weighted by Gasteiger charge is -2.34. The molecular formula is C19H23N3O6S. The zero-order valence-corrected chi connectivity index (χ0v) is 17.2. The molecule has 29 heavy (non-hydrogen) atoms. The van der Waals surface area contributed by atoms with Crippen molar-refractivity contribution in [3.05, 3.63) is 41.1 Å². The number of nitrogens with zero attached hydrogens (tertiary/aromatic N) is 2. The molecule has 9 nitrogen and oxygen atoms in total. The van der Waals surface area contributed by atoms with Crippen molar-refractivity contribution in [2.24, 2.45) is 5.73 Å². The van der Waals surface area contributed by atoms with Gasteiger partial charge >= 0.3 is 5.97 Å². The Morgan fingerprint density at radius 2 is 1.93 bits per heavy atom. The van der Waals surface area contributed by atoms with Gasteiger partial charge in [0.25, 0.3) is 0 Å². The van der Waals surface area contributed by atoms with Crippen molar-refractivity contribution >= 4 is 21.8 Å². The number of Topliss-reactive ketones (excluding diaryl/α,β-unsaturated/α-hetero) is 1. The highest BCUT2D eigenvalue weighted by atomic mass is 32.2. The fourth-order valence-electron chi connectivity index (χ4n) is 2.92. The Morgan fingerprint density at radius 1 is 1.31 bits per heavy atom. The van der Waals surface area contributed by atoms with Gasteiger partial charge in [0.1, 0.15) is 11.6 Å². The van der Waals surface area contributed by atoms with Crippen LogP contribution in [0.1, 0.15) is 31.1 Å². The normalized spacial score (nSPS) is 21.0. The molecule has 0 saturated carbocycles. The molecule has 1 aliphatic rings. The van der Waals surface area contributed by atoms with Crippen molar-refractivity contribution in [3.63, 3.8) is 0 Å². The highest BCUT2D eigenvalue weighted by molar-refractivity contribution is 7.89. The van der Waals surface area contributed by atoms with Gasteiger partial charge in [0, 0.05) is 18.8 Å². The van der Waals surface area contributed by atoms with Gasteiger partial charge in [0.2, 0.25) is 15.8 Å². The highest BCUT2D eigenvalue weighted by Crippen LogP contribution is 2.22. The number of benzene rings is 1. The summed E-state index contributed by atoms with van der Waals surface area (Å²) in [6.07, 6.45) is -0.498. The lowest BCUT2D eigenvalue weighted by Crippen LogP contribution is -2.48. The van der Waals surface area contributed by atoms with Gasteiger partial charge in [-0.05, 0) is 39.0 Å². The number of ether oxygens (including phenoxy) is 2. The fraction of sp³-hybridized carbons (Fsp3) is 0.421. The van der Waals surface area contributed by atoms with E-state index in [1.165, 1.54) is 35.5 Å². The van der Waals surface area contributed by atoms with Gasteiger partial charge in [-0.15, -0.1) is 0 Å². The van der Waals surface area contributed by atoms with Gasteiger partial charge in [-0.25, -0.2) is 13.2 Å². The standard InChI is InChI=1S/C19H23N3O6S/c1-12-9-22(10-13(2)28-12)29(25,26)16-6-4-5-15(7-16)19(24)27-11-18(23)17(8-20)14(3)21/h4-7,12-13H,9-11,21H2,1-3H3/b17-14-/t12-,13+. The average Bonchev–Trinajstić information content (AvgIpc) is 2.65. The minimum absolute atomic E-state index is 0.0237. The van der Waals surface area contributed by atoms with Crippen molar-refractivity contribution in [3.8, 4) is 6.07 Å². The summed E-state index contributed by atoms with van der Waals surface area (Å²) in [6, 6.07) is 7.04. The number of rotatable bonds is 6. The number of carbonyl (C=O) groups excluding carboxylic acids is 2. The van der Waals surface area contributed by atoms with Crippen molar-refractivity contribution in [1.82, 2.24) is 4.31 Å². The van der Waals surface area contributed by atoms with Crippen molar-refractivity contribution in [2.75, 3.05) is 19.7 Å². The summed E-state index contributed by atoms with van der Waals surface area (Å²) in [6.45, 7) is 4.70. The van der Waals surface area contributed by atoms with Gasteiger partial charge in [-0.3, -0.25) is 4.79 Å². The van der Waals surface area contributed by atoms with E-state index in [0.717, 1.165) is 0 Å². The Labute approximate surface area is 169 Å². The van der Waals surface area contributed by atoms with E-state index in [2.05, 4.69) is 0 Å². The van der Waals surface area contributed by atoms with Crippen LogP contribution < -0.4 is 5.73 Å². The number of nitrogens with two attached hydrogens (primary N) is 1. The average molecular weight is 421 g/mol. The first-order chi connectivity index (χ1) is 13.6. The summed E-state index contributed by atoms with van der Waals surface area (Å²) in [5.41, 5.74) is 5.15. The molecule has 1 saturated heterocycles. The predicted molar refractivity (Wildman–Crippen MR) is 103 cm³/mol. The summed E-state index contributed by atoms with van der Waals surface area (Å²) in [7, 11) is -3.83. The van der Waals surface area contributed by atoms with E-state index in [1.807, 2.05) is 0 Å². The van der Waals surface area contributed by atoms with Crippen LogP contribution in [0.15, 0.2) is 40.4 Å². The highest BCUT2D eigenvalue weighted by Gasteiger charge is 2.32. The molecule has 0 unspecified atom stereocenters. The minimum Gasteiger partial charge on any atom is -0.454 e. The van der Waals surface area contributed by atoms with Crippen LogP contribution in [0.5, 0.6) is 0 Å². The SMILES string of the molecule is C/C(N)=C(\C#N)C(=O)COC(=O)c1cccc(S(=O)(=O)N2C[C@@H](C)O[C@@H](C)C2)c1. The Bertz CT molecular complexity index is 966. The van der Waals surface area contributed by atoms with E-state index in [4.69, 9.17) is 20.5 Å². The second kappa shape index (κ2) is 9.17. The van der Waals surface area contributed by atoms with E-state index >= 15 is 0 Å². The first-order valence-electron chi connectivity index (χ1n) is 8.88. The fourth-order valence-corrected chi connectivity index (χ4v) is 4.55. The molecule has 10 heteroatoms. The first kappa shape index (κ1) is 22.5. The van der Waals surface area contributed by atoms with Crippen LogP contribution in [0.25, 0.3) is 0 Å². The van der Waals surface area contributed by atoms with Crippen LogP contribution in [-0.2, 0) is 24.3 Å². The third-order valence-corrected chi connectivity index (χ3v) is 6.04. The number of nitriles is 1.